The number of urea groups is 1. The van der Waals surface area contributed by atoms with E-state index in [0.717, 1.165) is 18.5 Å². The van der Waals surface area contributed by atoms with Gasteiger partial charge in [-0.3, -0.25) is 4.98 Å². The van der Waals surface area contributed by atoms with Gasteiger partial charge < -0.3 is 16.8 Å². The van der Waals surface area contributed by atoms with Gasteiger partial charge in [-0.05, 0) is 25.0 Å². The number of aliphatic imine (C=N–C) groups is 1. The lowest BCUT2D eigenvalue weighted by molar-refractivity contribution is 0.249. The van der Waals surface area contributed by atoms with E-state index >= 15 is 0 Å². The van der Waals surface area contributed by atoms with E-state index < -0.39 is 6.03 Å². The summed E-state index contributed by atoms with van der Waals surface area (Å²) in [6.45, 7) is 0.520. The Morgan fingerprint density at radius 3 is 2.88 bits per heavy atom. The van der Waals surface area contributed by atoms with Crippen molar-refractivity contribution in [2.24, 2.45) is 16.5 Å². The first kappa shape index (κ1) is 12.0. The number of nitrogens with two attached hydrogens (primary N) is 2. The Balaban J connectivity index is 2.18. The van der Waals surface area contributed by atoms with Crippen LogP contribution in [-0.2, 0) is 6.42 Å². The minimum absolute atomic E-state index is 0.234. The Kier molecular flexibility index (Phi) is 4.78. The number of nitrogens with one attached hydrogen (secondary N) is 1. The molecule has 0 saturated carbocycles. The molecular weight excluding hydrogens is 206 g/mol. The zero-order valence-electron chi connectivity index (χ0n) is 8.89. The van der Waals surface area contributed by atoms with Crippen molar-refractivity contribution in [2.45, 2.75) is 12.8 Å². The fourth-order valence-electron chi connectivity index (χ4n) is 1.17. The molecule has 1 aromatic rings. The van der Waals surface area contributed by atoms with Gasteiger partial charge >= 0.3 is 6.03 Å². The first-order valence-corrected chi connectivity index (χ1v) is 4.96. The van der Waals surface area contributed by atoms with Gasteiger partial charge in [-0.2, -0.15) is 4.99 Å². The van der Waals surface area contributed by atoms with E-state index in [1.165, 1.54) is 0 Å². The van der Waals surface area contributed by atoms with Gasteiger partial charge in [0.25, 0.3) is 0 Å². The van der Waals surface area contributed by atoms with E-state index in [0.29, 0.717) is 6.54 Å². The van der Waals surface area contributed by atoms with E-state index in [1.807, 2.05) is 18.2 Å². The molecule has 6 nitrogen and oxygen atoms in total. The maximum Gasteiger partial charge on any atom is 0.344 e. The minimum atomic E-state index is -0.513. The first-order chi connectivity index (χ1) is 7.68. The third kappa shape index (κ3) is 4.94. The average molecular weight is 221 g/mol. The molecule has 0 fully saturated rings. The predicted octanol–water partition coefficient (Wildman–Crippen LogP) is -0.00280. The molecule has 1 aromatic heterocycles. The molecule has 0 saturated heterocycles. The molecule has 0 aliphatic rings. The SMILES string of the molecule is NC(N)=NC(=O)NCCCc1ccccn1. The fourth-order valence-corrected chi connectivity index (χ4v) is 1.17. The highest BCUT2D eigenvalue weighted by molar-refractivity contribution is 5.90. The molecule has 0 atom stereocenters. The third-order valence-corrected chi connectivity index (χ3v) is 1.84. The van der Waals surface area contributed by atoms with Crippen LogP contribution in [0.15, 0.2) is 29.4 Å². The topological polar surface area (TPSA) is 106 Å². The molecule has 1 heterocycles. The van der Waals surface area contributed by atoms with Gasteiger partial charge in [0.15, 0.2) is 5.96 Å². The fraction of sp³-hybridized carbons (Fsp3) is 0.300. The Hall–Kier alpha value is -2.11. The summed E-state index contributed by atoms with van der Waals surface area (Å²) >= 11 is 0. The van der Waals surface area contributed by atoms with E-state index in [2.05, 4.69) is 15.3 Å². The van der Waals surface area contributed by atoms with Gasteiger partial charge in [0, 0.05) is 18.4 Å². The van der Waals surface area contributed by atoms with Crippen LogP contribution < -0.4 is 16.8 Å². The maximum absolute atomic E-state index is 11.0. The van der Waals surface area contributed by atoms with Crippen LogP contribution in [0.1, 0.15) is 12.1 Å². The Morgan fingerprint density at radius 1 is 1.44 bits per heavy atom. The van der Waals surface area contributed by atoms with E-state index in [9.17, 15) is 4.79 Å². The zero-order valence-corrected chi connectivity index (χ0v) is 8.89. The summed E-state index contributed by atoms with van der Waals surface area (Å²) in [6, 6.07) is 5.23. The van der Waals surface area contributed by atoms with Crippen LogP contribution >= 0.6 is 0 Å². The van der Waals surface area contributed by atoms with Crippen LogP contribution in [0, 0.1) is 0 Å². The van der Waals surface area contributed by atoms with Crippen LogP contribution in [0.25, 0.3) is 0 Å². The molecule has 16 heavy (non-hydrogen) atoms. The standard InChI is InChI=1S/C10H15N5O/c11-9(12)15-10(16)14-7-3-5-8-4-1-2-6-13-8/h1-2,4,6H,3,5,7H2,(H5,11,12,14,15,16). The summed E-state index contributed by atoms with van der Waals surface area (Å²) < 4.78 is 0. The van der Waals surface area contributed by atoms with Gasteiger partial charge in [0.05, 0.1) is 0 Å². The lowest BCUT2D eigenvalue weighted by Crippen LogP contribution is -2.29. The second-order valence-corrected chi connectivity index (χ2v) is 3.19. The van der Waals surface area contributed by atoms with Crippen LogP contribution in [0.4, 0.5) is 4.79 Å². The Bertz CT molecular complexity index is 359. The molecule has 0 aliphatic carbocycles. The first-order valence-electron chi connectivity index (χ1n) is 4.96. The number of hydrogen-bond donors (Lipinski definition) is 3. The smallest absolute Gasteiger partial charge is 0.344 e. The number of aryl methyl sites for hydroxylation is 1. The number of aromatic nitrogens is 1. The third-order valence-electron chi connectivity index (χ3n) is 1.84. The molecule has 0 bridgehead atoms. The number of nitrogens with zero attached hydrogens (tertiary/aromatic N) is 2. The molecule has 0 unspecified atom stereocenters. The van der Waals surface area contributed by atoms with Crippen molar-refractivity contribution in [1.29, 1.82) is 0 Å². The number of carbonyl (C=O) groups is 1. The number of rotatable bonds is 4. The summed E-state index contributed by atoms with van der Waals surface area (Å²) in [7, 11) is 0. The minimum Gasteiger partial charge on any atom is -0.370 e. The van der Waals surface area contributed by atoms with Gasteiger partial charge in [0.1, 0.15) is 0 Å². The van der Waals surface area contributed by atoms with Gasteiger partial charge in [-0.25, -0.2) is 4.79 Å². The molecule has 0 aromatic carbocycles. The Morgan fingerprint density at radius 2 is 2.25 bits per heavy atom. The number of pyridine rings is 1. The van der Waals surface area contributed by atoms with E-state index in [-0.39, 0.29) is 5.96 Å². The van der Waals surface area contributed by atoms with Gasteiger partial charge in [-0.15, -0.1) is 0 Å². The van der Waals surface area contributed by atoms with Gasteiger partial charge in [0.2, 0.25) is 0 Å². The van der Waals surface area contributed by atoms with Crippen molar-refractivity contribution in [3.05, 3.63) is 30.1 Å². The normalized spacial score (nSPS) is 9.50. The van der Waals surface area contributed by atoms with Crippen molar-refractivity contribution >= 4 is 12.0 Å². The van der Waals surface area contributed by atoms with Crippen LogP contribution in [0.2, 0.25) is 0 Å². The van der Waals surface area contributed by atoms with Crippen molar-refractivity contribution < 1.29 is 4.79 Å². The van der Waals surface area contributed by atoms with Crippen molar-refractivity contribution in [3.63, 3.8) is 0 Å². The van der Waals surface area contributed by atoms with Crippen LogP contribution in [0.3, 0.4) is 0 Å². The summed E-state index contributed by atoms with van der Waals surface area (Å²) in [4.78, 5) is 18.5. The molecular formula is C10H15N5O. The molecule has 1 rings (SSSR count). The molecule has 2 amide bonds. The van der Waals surface area contributed by atoms with Crippen LogP contribution in [0.5, 0.6) is 0 Å². The highest BCUT2D eigenvalue weighted by Crippen LogP contribution is 1.96. The summed E-state index contributed by atoms with van der Waals surface area (Å²) in [5.74, 6) is -0.234. The maximum atomic E-state index is 11.0. The van der Waals surface area contributed by atoms with Crippen molar-refractivity contribution in [2.75, 3.05) is 6.54 Å². The van der Waals surface area contributed by atoms with Crippen LogP contribution in [-0.4, -0.2) is 23.5 Å². The second kappa shape index (κ2) is 6.39. The van der Waals surface area contributed by atoms with E-state index in [1.54, 1.807) is 6.20 Å². The average Bonchev–Trinajstić information content (AvgIpc) is 2.25. The summed E-state index contributed by atoms with van der Waals surface area (Å²) in [5, 5.41) is 2.57. The molecule has 0 aliphatic heterocycles. The monoisotopic (exact) mass is 221 g/mol. The molecule has 6 heteroatoms. The summed E-state index contributed by atoms with van der Waals surface area (Å²) in [6.07, 6.45) is 3.35. The largest absolute Gasteiger partial charge is 0.370 e. The summed E-state index contributed by atoms with van der Waals surface area (Å²) in [5.41, 5.74) is 11.1. The van der Waals surface area contributed by atoms with Crippen molar-refractivity contribution in [3.8, 4) is 0 Å². The number of amides is 2. The lowest BCUT2D eigenvalue weighted by Gasteiger charge is -2.01. The van der Waals surface area contributed by atoms with Crippen molar-refractivity contribution in [1.82, 2.24) is 10.3 Å². The highest BCUT2D eigenvalue weighted by atomic mass is 16.2. The highest BCUT2D eigenvalue weighted by Gasteiger charge is 1.98. The van der Waals surface area contributed by atoms with Gasteiger partial charge in [-0.1, -0.05) is 6.07 Å². The van der Waals surface area contributed by atoms with E-state index in [4.69, 9.17) is 11.5 Å². The number of guanidine groups is 1. The lowest BCUT2D eigenvalue weighted by atomic mass is 10.2. The second-order valence-electron chi connectivity index (χ2n) is 3.19. The predicted molar refractivity (Wildman–Crippen MR) is 61.8 cm³/mol. The zero-order chi connectivity index (χ0) is 11.8. The molecule has 5 N–H and O–H groups in total. The number of hydrogen-bond acceptors (Lipinski definition) is 2. The number of carbonyl (C=O) groups excluding carboxylic acids is 1. The molecule has 0 radical (unpaired) electrons. The molecule has 0 spiro atoms. The quantitative estimate of drug-likeness (QED) is 0.378. The Labute approximate surface area is 93.8 Å². The molecule has 86 valence electrons.